The second-order valence-electron chi connectivity index (χ2n) is 8.85. The predicted octanol–water partition coefficient (Wildman–Crippen LogP) is 1.98. The summed E-state index contributed by atoms with van der Waals surface area (Å²) in [6.07, 6.45) is 0.659. The summed E-state index contributed by atoms with van der Waals surface area (Å²) in [5, 5.41) is 12.1. The van der Waals surface area contributed by atoms with E-state index in [9.17, 15) is 24.3 Å². The largest absolute Gasteiger partial charge is 0.480 e. The van der Waals surface area contributed by atoms with E-state index in [1.54, 1.807) is 56.8 Å². The van der Waals surface area contributed by atoms with Crippen molar-refractivity contribution in [1.29, 1.82) is 0 Å². The average molecular weight is 465 g/mol. The molecule has 8 nitrogen and oxygen atoms in total. The molecule has 2 amide bonds. The van der Waals surface area contributed by atoms with Gasteiger partial charge in [0.05, 0.1) is 21.2 Å². The summed E-state index contributed by atoms with van der Waals surface area (Å²) in [4.78, 5) is 52.5. The Kier molecular flexibility index (Phi) is 5.60. The van der Waals surface area contributed by atoms with Crippen molar-refractivity contribution in [3.8, 4) is 0 Å². The smallest absolute Gasteiger partial charge is 0.332 e. The molecule has 166 valence electrons. The first-order valence-corrected chi connectivity index (χ1v) is 12.0. The molecular formula is C21H24N2O6S2. The third-order valence-electron chi connectivity index (χ3n) is 5.52. The lowest BCUT2D eigenvalue weighted by Gasteiger charge is -2.32. The minimum Gasteiger partial charge on any atom is -0.480 e. The zero-order valence-electron chi connectivity index (χ0n) is 17.4. The van der Waals surface area contributed by atoms with Gasteiger partial charge in [-0.15, -0.1) is 11.8 Å². The molecule has 1 aromatic rings. The van der Waals surface area contributed by atoms with Crippen molar-refractivity contribution in [2.45, 2.75) is 55.0 Å². The van der Waals surface area contributed by atoms with Crippen LogP contribution in [0.5, 0.6) is 0 Å². The van der Waals surface area contributed by atoms with E-state index in [0.717, 1.165) is 10.7 Å². The Morgan fingerprint density at radius 1 is 1.23 bits per heavy atom. The van der Waals surface area contributed by atoms with Crippen molar-refractivity contribution in [2.24, 2.45) is 0 Å². The molecule has 0 radical (unpaired) electrons. The fourth-order valence-corrected chi connectivity index (χ4v) is 7.75. The molecule has 1 aromatic carbocycles. The summed E-state index contributed by atoms with van der Waals surface area (Å²) in [5.41, 5.74) is -0.389. The lowest BCUT2D eigenvalue weighted by atomic mass is 9.98. The maximum Gasteiger partial charge on any atom is 0.332 e. The van der Waals surface area contributed by atoms with Crippen LogP contribution < -0.4 is 5.32 Å². The van der Waals surface area contributed by atoms with E-state index < -0.39 is 51.6 Å². The molecule has 2 N–H and O–H groups in total. The number of thioether (sulfide) groups is 2. The van der Waals surface area contributed by atoms with Gasteiger partial charge in [0, 0.05) is 5.75 Å². The first kappa shape index (κ1) is 22.2. The van der Waals surface area contributed by atoms with Gasteiger partial charge >= 0.3 is 11.9 Å². The molecule has 4 rings (SSSR count). The van der Waals surface area contributed by atoms with Crippen LogP contribution in [0, 0.1) is 0 Å². The number of hydrogen-bond donors (Lipinski definition) is 2. The number of imide groups is 1. The molecule has 4 atom stereocenters. The van der Waals surface area contributed by atoms with Gasteiger partial charge in [0.25, 0.3) is 11.8 Å². The van der Waals surface area contributed by atoms with E-state index in [4.69, 9.17) is 4.74 Å². The minimum absolute atomic E-state index is 0.227. The van der Waals surface area contributed by atoms with Crippen molar-refractivity contribution < 1.29 is 29.0 Å². The molecule has 0 saturated carbocycles. The highest BCUT2D eigenvalue weighted by molar-refractivity contribution is 8.05. The highest BCUT2D eigenvalue weighted by Crippen LogP contribution is 2.50. The zero-order valence-corrected chi connectivity index (χ0v) is 19.0. The number of amides is 2. The van der Waals surface area contributed by atoms with Crippen LogP contribution >= 0.6 is 23.5 Å². The van der Waals surface area contributed by atoms with Gasteiger partial charge in [-0.05, 0) is 45.1 Å². The van der Waals surface area contributed by atoms with Crippen molar-refractivity contribution in [1.82, 2.24) is 10.2 Å². The van der Waals surface area contributed by atoms with Crippen molar-refractivity contribution in [3.05, 3.63) is 35.4 Å². The van der Waals surface area contributed by atoms with E-state index in [-0.39, 0.29) is 11.1 Å². The second kappa shape index (κ2) is 7.83. The predicted molar refractivity (Wildman–Crippen MR) is 117 cm³/mol. The quantitative estimate of drug-likeness (QED) is 0.510. The highest BCUT2D eigenvalue weighted by atomic mass is 32.2. The molecule has 3 aliphatic heterocycles. The summed E-state index contributed by atoms with van der Waals surface area (Å²) in [6.45, 7) is 5.11. The van der Waals surface area contributed by atoms with Crippen LogP contribution in [0.3, 0.4) is 0 Å². The lowest BCUT2D eigenvalue weighted by molar-refractivity contribution is -0.160. The molecule has 2 fully saturated rings. The van der Waals surface area contributed by atoms with Gasteiger partial charge < -0.3 is 9.84 Å². The molecule has 3 heterocycles. The number of rotatable bonds is 4. The molecular weight excluding hydrogens is 440 g/mol. The van der Waals surface area contributed by atoms with Gasteiger partial charge in [-0.2, -0.15) is 11.8 Å². The van der Waals surface area contributed by atoms with Gasteiger partial charge in [0.15, 0.2) is 6.04 Å². The van der Waals surface area contributed by atoms with Gasteiger partial charge in [-0.3, -0.25) is 24.6 Å². The standard InChI is InChI=1S/C21H24N2O6S2/c1-20(2,3)29-19(28)13(23-16(24)11-6-4-5-7-12(11)17(23)25)15-22-14(18(26)27)21(31-15)8-9-30-10-21/h4-7,13-15,22H,8-10H2,1-3H3,(H,26,27). The fourth-order valence-electron chi connectivity index (χ4n) is 4.19. The van der Waals surface area contributed by atoms with Crippen LogP contribution in [0.25, 0.3) is 0 Å². The Labute approximate surface area is 188 Å². The molecule has 0 aliphatic carbocycles. The van der Waals surface area contributed by atoms with Crippen LogP contribution in [0.15, 0.2) is 24.3 Å². The first-order chi connectivity index (χ1) is 14.5. The Hall–Kier alpha value is -2.04. The molecule has 4 unspecified atom stereocenters. The van der Waals surface area contributed by atoms with Crippen molar-refractivity contribution in [2.75, 3.05) is 11.5 Å². The van der Waals surface area contributed by atoms with Gasteiger partial charge in [-0.1, -0.05) is 12.1 Å². The number of fused-ring (bicyclic) bond motifs is 1. The molecule has 31 heavy (non-hydrogen) atoms. The number of esters is 1. The van der Waals surface area contributed by atoms with Crippen molar-refractivity contribution in [3.63, 3.8) is 0 Å². The molecule has 3 aliphatic rings. The number of aliphatic carboxylic acids is 1. The Morgan fingerprint density at radius 2 is 1.84 bits per heavy atom. The van der Waals surface area contributed by atoms with Crippen LogP contribution in [0.4, 0.5) is 0 Å². The Bertz CT molecular complexity index is 918. The number of nitrogens with one attached hydrogen (secondary N) is 1. The number of carbonyl (C=O) groups is 4. The van der Waals surface area contributed by atoms with Crippen molar-refractivity contribution >= 4 is 47.3 Å². The number of carbonyl (C=O) groups excluding carboxylic acids is 3. The maximum absolute atomic E-state index is 13.3. The summed E-state index contributed by atoms with van der Waals surface area (Å²) in [5.74, 6) is -1.47. The summed E-state index contributed by atoms with van der Waals surface area (Å²) >= 11 is 2.99. The molecule has 2 saturated heterocycles. The van der Waals surface area contributed by atoms with E-state index in [1.807, 2.05) is 0 Å². The number of ether oxygens (including phenoxy) is 1. The monoisotopic (exact) mass is 464 g/mol. The lowest BCUT2D eigenvalue weighted by Crippen LogP contribution is -2.57. The summed E-state index contributed by atoms with van der Waals surface area (Å²) in [7, 11) is 0. The van der Waals surface area contributed by atoms with E-state index in [1.165, 1.54) is 11.8 Å². The van der Waals surface area contributed by atoms with E-state index in [2.05, 4.69) is 5.32 Å². The Balaban J connectivity index is 1.73. The molecule has 10 heteroatoms. The summed E-state index contributed by atoms with van der Waals surface area (Å²) in [6, 6.07) is 4.23. The van der Waals surface area contributed by atoms with E-state index >= 15 is 0 Å². The van der Waals surface area contributed by atoms with Crippen LogP contribution in [-0.4, -0.2) is 73.1 Å². The van der Waals surface area contributed by atoms with Gasteiger partial charge in [0.2, 0.25) is 0 Å². The molecule has 1 spiro atoms. The topological polar surface area (TPSA) is 113 Å². The number of benzene rings is 1. The van der Waals surface area contributed by atoms with Crippen LogP contribution in [0.2, 0.25) is 0 Å². The molecule has 0 bridgehead atoms. The van der Waals surface area contributed by atoms with Gasteiger partial charge in [0.1, 0.15) is 11.6 Å². The van der Waals surface area contributed by atoms with Crippen LogP contribution in [0.1, 0.15) is 47.9 Å². The third-order valence-corrected chi connectivity index (χ3v) is 8.62. The third kappa shape index (κ3) is 3.85. The first-order valence-electron chi connectivity index (χ1n) is 9.98. The number of carboxylic acids is 1. The zero-order chi connectivity index (χ0) is 22.6. The Morgan fingerprint density at radius 3 is 2.32 bits per heavy atom. The second-order valence-corrected chi connectivity index (χ2v) is 11.5. The SMILES string of the molecule is CC(C)(C)OC(=O)C(C1NC(C(=O)O)C2(CCSC2)S1)N1C(=O)c2ccccc2C1=O. The minimum atomic E-state index is -1.29. The highest BCUT2D eigenvalue weighted by Gasteiger charge is 2.59. The number of hydrogen-bond acceptors (Lipinski definition) is 8. The maximum atomic E-state index is 13.3. The fraction of sp³-hybridized carbons (Fsp3) is 0.524. The number of carboxylic acid groups (broad SMARTS) is 1. The van der Waals surface area contributed by atoms with Gasteiger partial charge in [-0.25, -0.2) is 4.79 Å². The summed E-state index contributed by atoms with van der Waals surface area (Å²) < 4.78 is 4.96. The van der Waals surface area contributed by atoms with E-state index in [0.29, 0.717) is 12.2 Å². The van der Waals surface area contributed by atoms with Crippen LogP contribution in [-0.2, 0) is 14.3 Å². The normalized spacial score (nSPS) is 28.8. The average Bonchev–Trinajstić information content (AvgIpc) is 3.36. The molecule has 0 aromatic heterocycles. The number of nitrogens with zero attached hydrogens (tertiary/aromatic N) is 1.